The molecule has 1 unspecified atom stereocenters. The molecule has 0 saturated carbocycles. The first-order valence-corrected chi connectivity index (χ1v) is 12.2. The van der Waals surface area contributed by atoms with Crippen LogP contribution in [0.15, 0.2) is 48.5 Å². The van der Waals surface area contributed by atoms with Crippen LogP contribution in [0.5, 0.6) is 11.5 Å². The maximum Gasteiger partial charge on any atom is 0.252 e. The lowest BCUT2D eigenvalue weighted by Crippen LogP contribution is -2.52. The third-order valence-corrected chi connectivity index (χ3v) is 6.26. The summed E-state index contributed by atoms with van der Waals surface area (Å²) in [6.07, 6.45) is 1.85. The van der Waals surface area contributed by atoms with Crippen molar-refractivity contribution in [2.75, 3.05) is 19.9 Å². The van der Waals surface area contributed by atoms with E-state index in [1.54, 1.807) is 18.2 Å². The SMILES string of the molecule is CC(C)CC(NC(=O)c1ccc2c(c1)OCO2)C(=O)N[C@H]1CCCN(Cc2ccccc2)CC1=O. The first-order valence-electron chi connectivity index (χ1n) is 12.2. The monoisotopic (exact) mass is 479 g/mol. The third-order valence-electron chi connectivity index (χ3n) is 6.26. The summed E-state index contributed by atoms with van der Waals surface area (Å²) in [7, 11) is 0. The number of ketones is 1. The molecule has 2 aromatic carbocycles. The fourth-order valence-corrected chi connectivity index (χ4v) is 4.47. The van der Waals surface area contributed by atoms with E-state index in [2.05, 4.69) is 15.5 Å². The molecule has 186 valence electrons. The van der Waals surface area contributed by atoms with Gasteiger partial charge >= 0.3 is 0 Å². The Hall–Kier alpha value is -3.39. The van der Waals surface area contributed by atoms with Gasteiger partial charge in [0.1, 0.15) is 6.04 Å². The van der Waals surface area contributed by atoms with Crippen LogP contribution in [-0.4, -0.2) is 54.5 Å². The highest BCUT2D eigenvalue weighted by atomic mass is 16.7. The van der Waals surface area contributed by atoms with Crippen LogP contribution in [-0.2, 0) is 16.1 Å². The second-order valence-electron chi connectivity index (χ2n) is 9.59. The van der Waals surface area contributed by atoms with Gasteiger partial charge in [-0.1, -0.05) is 44.2 Å². The molecule has 1 fully saturated rings. The Labute approximate surface area is 206 Å². The van der Waals surface area contributed by atoms with E-state index in [0.717, 1.165) is 18.5 Å². The molecule has 0 aromatic heterocycles. The van der Waals surface area contributed by atoms with Gasteiger partial charge in [0.2, 0.25) is 12.7 Å². The van der Waals surface area contributed by atoms with E-state index in [4.69, 9.17) is 9.47 Å². The van der Waals surface area contributed by atoms with Crippen molar-refractivity contribution in [1.29, 1.82) is 0 Å². The molecule has 2 amide bonds. The minimum Gasteiger partial charge on any atom is -0.454 e. The lowest BCUT2D eigenvalue weighted by Gasteiger charge is -2.23. The number of likely N-dealkylation sites (tertiary alicyclic amines) is 1. The van der Waals surface area contributed by atoms with Gasteiger partial charge in [0, 0.05) is 12.1 Å². The van der Waals surface area contributed by atoms with Gasteiger partial charge in [-0.25, -0.2) is 0 Å². The van der Waals surface area contributed by atoms with Crippen molar-refractivity contribution in [1.82, 2.24) is 15.5 Å². The van der Waals surface area contributed by atoms with Gasteiger partial charge in [-0.15, -0.1) is 0 Å². The van der Waals surface area contributed by atoms with Crippen molar-refractivity contribution in [2.24, 2.45) is 5.92 Å². The number of hydrogen-bond donors (Lipinski definition) is 2. The van der Waals surface area contributed by atoms with Crippen LogP contribution in [0.1, 0.15) is 49.0 Å². The highest BCUT2D eigenvalue weighted by molar-refractivity contribution is 5.99. The summed E-state index contributed by atoms with van der Waals surface area (Å²) in [6, 6.07) is 13.7. The first kappa shape index (κ1) is 24.7. The van der Waals surface area contributed by atoms with Crippen molar-refractivity contribution in [2.45, 2.75) is 51.7 Å². The predicted molar refractivity (Wildman–Crippen MR) is 131 cm³/mol. The van der Waals surface area contributed by atoms with E-state index in [-0.39, 0.29) is 36.9 Å². The molecule has 0 aliphatic carbocycles. The van der Waals surface area contributed by atoms with Crippen LogP contribution in [0.2, 0.25) is 0 Å². The Morgan fingerprint density at radius 1 is 1.09 bits per heavy atom. The molecule has 35 heavy (non-hydrogen) atoms. The summed E-state index contributed by atoms with van der Waals surface area (Å²) in [5, 5.41) is 5.77. The van der Waals surface area contributed by atoms with Gasteiger partial charge in [-0.3, -0.25) is 19.3 Å². The van der Waals surface area contributed by atoms with Crippen LogP contribution in [0, 0.1) is 5.92 Å². The average molecular weight is 480 g/mol. The minimum absolute atomic E-state index is 0.00262. The smallest absolute Gasteiger partial charge is 0.252 e. The summed E-state index contributed by atoms with van der Waals surface area (Å²) in [5.41, 5.74) is 1.55. The number of nitrogens with zero attached hydrogens (tertiary/aromatic N) is 1. The van der Waals surface area contributed by atoms with Crippen LogP contribution < -0.4 is 20.1 Å². The quantitative estimate of drug-likeness (QED) is 0.604. The largest absolute Gasteiger partial charge is 0.454 e. The number of fused-ring (bicyclic) bond motifs is 1. The molecule has 2 aliphatic rings. The number of rotatable bonds is 8. The molecule has 0 spiro atoms. The van der Waals surface area contributed by atoms with Crippen molar-refractivity contribution >= 4 is 17.6 Å². The minimum atomic E-state index is -0.746. The fraction of sp³-hybridized carbons (Fsp3) is 0.444. The summed E-state index contributed by atoms with van der Waals surface area (Å²) < 4.78 is 10.7. The van der Waals surface area contributed by atoms with E-state index >= 15 is 0 Å². The number of Topliss-reactive ketones (excluding diaryl/α,β-unsaturated/α-hetero) is 1. The number of hydrogen-bond acceptors (Lipinski definition) is 6. The normalized spacial score (nSPS) is 18.7. The first-order chi connectivity index (χ1) is 16.9. The lowest BCUT2D eigenvalue weighted by atomic mass is 10.0. The van der Waals surface area contributed by atoms with Crippen LogP contribution in [0.4, 0.5) is 0 Å². The highest BCUT2D eigenvalue weighted by Gasteiger charge is 2.30. The lowest BCUT2D eigenvalue weighted by molar-refractivity contribution is -0.129. The van der Waals surface area contributed by atoms with Gasteiger partial charge < -0.3 is 20.1 Å². The van der Waals surface area contributed by atoms with Gasteiger partial charge in [0.25, 0.3) is 5.91 Å². The molecule has 8 nitrogen and oxygen atoms in total. The highest BCUT2D eigenvalue weighted by Crippen LogP contribution is 2.32. The summed E-state index contributed by atoms with van der Waals surface area (Å²) >= 11 is 0. The Kier molecular flexibility index (Phi) is 8.02. The topological polar surface area (TPSA) is 97.0 Å². The number of carbonyl (C=O) groups excluding carboxylic acids is 3. The molecular weight excluding hydrogens is 446 g/mol. The van der Waals surface area contributed by atoms with Crippen molar-refractivity contribution < 1.29 is 23.9 Å². The van der Waals surface area contributed by atoms with E-state index in [9.17, 15) is 14.4 Å². The molecule has 4 rings (SSSR count). The summed E-state index contributed by atoms with van der Waals surface area (Å²) in [4.78, 5) is 41.2. The fourth-order valence-electron chi connectivity index (χ4n) is 4.47. The van der Waals surface area contributed by atoms with E-state index in [1.165, 1.54) is 0 Å². The Morgan fingerprint density at radius 2 is 1.86 bits per heavy atom. The Morgan fingerprint density at radius 3 is 2.63 bits per heavy atom. The maximum atomic E-state index is 13.2. The third kappa shape index (κ3) is 6.60. The maximum absolute atomic E-state index is 13.2. The standard InChI is InChI=1S/C27H33N3O5/c1-18(2)13-22(29-26(32)20-10-11-24-25(14-20)35-17-34-24)27(33)28-21-9-6-12-30(16-23(21)31)15-19-7-4-3-5-8-19/h3-5,7-8,10-11,14,18,21-22H,6,9,12-13,15-17H2,1-2H3,(H,28,33)(H,29,32)/t21-,22?/m0/s1. The zero-order valence-electron chi connectivity index (χ0n) is 20.3. The van der Waals surface area contributed by atoms with Gasteiger partial charge in [0.15, 0.2) is 17.3 Å². The number of carbonyl (C=O) groups is 3. The number of ether oxygens (including phenoxy) is 2. The Balaban J connectivity index is 1.37. The molecule has 2 N–H and O–H groups in total. The molecule has 2 aromatic rings. The number of amides is 2. The van der Waals surface area contributed by atoms with E-state index in [1.807, 2.05) is 44.2 Å². The van der Waals surface area contributed by atoms with E-state index in [0.29, 0.717) is 36.4 Å². The van der Waals surface area contributed by atoms with Crippen LogP contribution in [0.3, 0.4) is 0 Å². The summed E-state index contributed by atoms with van der Waals surface area (Å²) in [6.45, 7) is 5.89. The second-order valence-corrected chi connectivity index (χ2v) is 9.59. The van der Waals surface area contributed by atoms with E-state index < -0.39 is 12.1 Å². The molecule has 2 atom stereocenters. The number of benzene rings is 2. The second kappa shape index (κ2) is 11.4. The predicted octanol–water partition coefficient (Wildman–Crippen LogP) is 2.91. The van der Waals surface area contributed by atoms with Crippen LogP contribution in [0.25, 0.3) is 0 Å². The molecule has 8 heteroatoms. The molecule has 2 heterocycles. The molecular formula is C27H33N3O5. The zero-order chi connectivity index (χ0) is 24.8. The Bertz CT molecular complexity index is 1060. The van der Waals surface area contributed by atoms with Gasteiger partial charge in [-0.2, -0.15) is 0 Å². The van der Waals surface area contributed by atoms with Crippen LogP contribution >= 0.6 is 0 Å². The van der Waals surface area contributed by atoms with Gasteiger partial charge in [-0.05, 0) is 55.5 Å². The molecule has 1 saturated heterocycles. The number of nitrogens with one attached hydrogen (secondary N) is 2. The average Bonchev–Trinajstić information content (AvgIpc) is 3.24. The molecule has 2 aliphatic heterocycles. The van der Waals surface area contributed by atoms with Crippen molar-refractivity contribution in [3.05, 3.63) is 59.7 Å². The zero-order valence-corrected chi connectivity index (χ0v) is 20.3. The van der Waals surface area contributed by atoms with Crippen molar-refractivity contribution in [3.8, 4) is 11.5 Å². The van der Waals surface area contributed by atoms with Gasteiger partial charge in [0.05, 0.1) is 12.6 Å². The van der Waals surface area contributed by atoms with Crippen molar-refractivity contribution in [3.63, 3.8) is 0 Å². The molecule has 0 radical (unpaired) electrons. The molecule has 0 bridgehead atoms. The summed E-state index contributed by atoms with van der Waals surface area (Å²) in [5.74, 6) is 0.567.